The largest absolute Gasteiger partial charge is 0.507 e. The molecule has 0 saturated heterocycles. The van der Waals surface area contributed by atoms with Crippen molar-refractivity contribution >= 4 is 54.1 Å². The first-order valence-corrected chi connectivity index (χ1v) is 7.92. The molecule has 1 aromatic heterocycles. The lowest BCUT2D eigenvalue weighted by Gasteiger charge is -2.15. The first kappa shape index (κ1) is 16.6. The van der Waals surface area contributed by atoms with E-state index in [4.69, 9.17) is 0 Å². The van der Waals surface area contributed by atoms with Gasteiger partial charge in [0, 0.05) is 19.0 Å². The SMILES string of the molecule is Oc1c(C(F)(F)F)cc2c(sc3cc(I)ccc32)c1C(F)(F)F. The lowest BCUT2D eigenvalue weighted by Crippen LogP contribution is -2.11. The molecule has 0 bridgehead atoms. The molecule has 0 aliphatic heterocycles. The molecule has 1 heterocycles. The Kier molecular flexibility index (Phi) is 3.71. The first-order valence-electron chi connectivity index (χ1n) is 6.02. The van der Waals surface area contributed by atoms with Crippen LogP contribution in [0.4, 0.5) is 26.3 Å². The standard InChI is InChI=1S/C14H5F6IOS/c15-13(16,17)8-4-7-6-2-1-5(21)3-9(6)23-12(7)10(11(8)22)14(18,19)20/h1-4,22H. The predicted octanol–water partition coefficient (Wildman–Crippen LogP) is 6.40. The maximum absolute atomic E-state index is 13.2. The van der Waals surface area contributed by atoms with Crippen LogP contribution in [0.3, 0.4) is 0 Å². The van der Waals surface area contributed by atoms with Crippen molar-refractivity contribution in [3.05, 3.63) is 39.0 Å². The van der Waals surface area contributed by atoms with Crippen LogP contribution < -0.4 is 0 Å². The van der Waals surface area contributed by atoms with E-state index in [1.165, 1.54) is 6.07 Å². The molecule has 0 spiro atoms. The summed E-state index contributed by atoms with van der Waals surface area (Å²) in [5.41, 5.74) is -3.32. The molecule has 9 heteroatoms. The normalized spacial score (nSPS) is 13.2. The molecule has 3 aromatic rings. The highest BCUT2D eigenvalue weighted by atomic mass is 127. The van der Waals surface area contributed by atoms with Crippen LogP contribution >= 0.6 is 33.9 Å². The van der Waals surface area contributed by atoms with Crippen molar-refractivity contribution in [2.75, 3.05) is 0 Å². The second kappa shape index (κ2) is 5.13. The van der Waals surface area contributed by atoms with Gasteiger partial charge in [0.1, 0.15) is 11.3 Å². The van der Waals surface area contributed by atoms with E-state index in [1.54, 1.807) is 12.1 Å². The van der Waals surface area contributed by atoms with Crippen LogP contribution in [-0.4, -0.2) is 5.11 Å². The molecule has 0 radical (unpaired) electrons. The molecule has 3 rings (SSSR count). The molecule has 1 nitrogen and oxygen atoms in total. The van der Waals surface area contributed by atoms with Crippen molar-refractivity contribution in [3.8, 4) is 5.75 Å². The monoisotopic (exact) mass is 462 g/mol. The maximum atomic E-state index is 13.2. The molecular formula is C14H5F6IOS. The Morgan fingerprint density at radius 1 is 0.913 bits per heavy atom. The van der Waals surface area contributed by atoms with Gasteiger partial charge in [-0.3, -0.25) is 0 Å². The number of halogens is 7. The third-order valence-electron chi connectivity index (χ3n) is 3.29. The summed E-state index contributed by atoms with van der Waals surface area (Å²) in [7, 11) is 0. The van der Waals surface area contributed by atoms with Gasteiger partial charge in [-0.05, 0) is 40.8 Å². The van der Waals surface area contributed by atoms with Gasteiger partial charge in [0.05, 0.1) is 10.3 Å². The van der Waals surface area contributed by atoms with E-state index in [0.29, 0.717) is 27.5 Å². The molecule has 0 aliphatic rings. The molecule has 0 fully saturated rings. The Bertz CT molecular complexity index is 925. The highest BCUT2D eigenvalue weighted by Gasteiger charge is 2.43. The summed E-state index contributed by atoms with van der Waals surface area (Å²) < 4.78 is 79.4. The van der Waals surface area contributed by atoms with Gasteiger partial charge in [-0.2, -0.15) is 26.3 Å². The van der Waals surface area contributed by atoms with E-state index in [1.807, 2.05) is 22.6 Å². The van der Waals surface area contributed by atoms with Crippen LogP contribution in [0.15, 0.2) is 24.3 Å². The Morgan fingerprint density at radius 2 is 1.57 bits per heavy atom. The van der Waals surface area contributed by atoms with E-state index in [2.05, 4.69) is 0 Å². The van der Waals surface area contributed by atoms with Crippen LogP contribution in [0.5, 0.6) is 5.75 Å². The predicted molar refractivity (Wildman–Crippen MR) is 83.7 cm³/mol. The van der Waals surface area contributed by atoms with Gasteiger partial charge in [-0.1, -0.05) is 6.07 Å². The number of phenols is 1. The Hall–Kier alpha value is -1.23. The molecular weight excluding hydrogens is 457 g/mol. The fourth-order valence-corrected chi connectivity index (χ4v) is 4.34. The smallest absolute Gasteiger partial charge is 0.421 e. The highest BCUT2D eigenvalue weighted by molar-refractivity contribution is 14.1. The molecule has 122 valence electrons. The summed E-state index contributed by atoms with van der Waals surface area (Å²) >= 11 is 2.67. The van der Waals surface area contributed by atoms with Crippen LogP contribution in [0.1, 0.15) is 11.1 Å². The number of aromatic hydroxyl groups is 1. The molecule has 0 aliphatic carbocycles. The molecule has 0 saturated carbocycles. The van der Waals surface area contributed by atoms with Crippen LogP contribution in [0.25, 0.3) is 20.2 Å². The molecule has 23 heavy (non-hydrogen) atoms. The van der Waals surface area contributed by atoms with E-state index in [-0.39, 0.29) is 5.39 Å². The molecule has 0 amide bonds. The topological polar surface area (TPSA) is 20.2 Å². The average molecular weight is 462 g/mol. The van der Waals surface area contributed by atoms with Gasteiger partial charge in [-0.15, -0.1) is 11.3 Å². The van der Waals surface area contributed by atoms with Crippen molar-refractivity contribution in [2.45, 2.75) is 12.4 Å². The number of hydrogen-bond acceptors (Lipinski definition) is 2. The maximum Gasteiger partial charge on any atom is 0.421 e. The number of benzene rings is 2. The number of phenolic OH excluding ortho intramolecular Hbond substituents is 1. The second-order valence-electron chi connectivity index (χ2n) is 4.76. The van der Waals surface area contributed by atoms with Crippen molar-refractivity contribution in [1.82, 2.24) is 0 Å². The average Bonchev–Trinajstić information content (AvgIpc) is 2.71. The summed E-state index contributed by atoms with van der Waals surface area (Å²) in [5, 5.41) is 9.73. The Morgan fingerprint density at radius 3 is 2.13 bits per heavy atom. The van der Waals surface area contributed by atoms with Crippen molar-refractivity contribution in [3.63, 3.8) is 0 Å². The fourth-order valence-electron chi connectivity index (χ4n) is 2.35. The number of rotatable bonds is 0. The molecule has 2 aromatic carbocycles. The third-order valence-corrected chi connectivity index (χ3v) is 5.14. The van der Waals surface area contributed by atoms with Gasteiger partial charge in [0.2, 0.25) is 0 Å². The van der Waals surface area contributed by atoms with E-state index in [0.717, 1.165) is 3.57 Å². The van der Waals surface area contributed by atoms with Gasteiger partial charge >= 0.3 is 12.4 Å². The van der Waals surface area contributed by atoms with Crippen molar-refractivity contribution < 1.29 is 31.4 Å². The molecule has 0 unspecified atom stereocenters. The van der Waals surface area contributed by atoms with Crippen LogP contribution in [0, 0.1) is 3.57 Å². The lowest BCUT2D eigenvalue weighted by atomic mass is 10.0. The number of thiophene rings is 1. The van der Waals surface area contributed by atoms with Crippen molar-refractivity contribution in [2.24, 2.45) is 0 Å². The zero-order valence-electron chi connectivity index (χ0n) is 10.8. The first-order chi connectivity index (χ1) is 10.5. The lowest BCUT2D eigenvalue weighted by molar-refractivity contribution is -0.144. The van der Waals surface area contributed by atoms with Gasteiger partial charge in [-0.25, -0.2) is 0 Å². The summed E-state index contributed by atoms with van der Waals surface area (Å²) in [6.45, 7) is 0. The number of alkyl halides is 6. The van der Waals surface area contributed by atoms with Crippen molar-refractivity contribution in [1.29, 1.82) is 0 Å². The van der Waals surface area contributed by atoms with E-state index in [9.17, 15) is 31.4 Å². The highest BCUT2D eigenvalue weighted by Crippen LogP contribution is 2.51. The van der Waals surface area contributed by atoms with E-state index >= 15 is 0 Å². The zero-order chi connectivity index (χ0) is 17.2. The third kappa shape index (κ3) is 2.73. The Balaban J connectivity index is 2.55. The summed E-state index contributed by atoms with van der Waals surface area (Å²) in [5.74, 6) is -1.78. The van der Waals surface area contributed by atoms with Gasteiger partial charge in [0.25, 0.3) is 0 Å². The number of fused-ring (bicyclic) bond motifs is 3. The van der Waals surface area contributed by atoms with E-state index < -0.39 is 33.9 Å². The zero-order valence-corrected chi connectivity index (χ0v) is 13.8. The van der Waals surface area contributed by atoms with Crippen LogP contribution in [-0.2, 0) is 12.4 Å². The molecule has 1 N–H and O–H groups in total. The quantitative estimate of drug-likeness (QED) is 0.303. The minimum Gasteiger partial charge on any atom is -0.507 e. The summed E-state index contributed by atoms with van der Waals surface area (Å²) in [6, 6.07) is 5.24. The summed E-state index contributed by atoms with van der Waals surface area (Å²) in [4.78, 5) is 0. The van der Waals surface area contributed by atoms with Gasteiger partial charge < -0.3 is 5.11 Å². The minimum absolute atomic E-state index is 0.168. The summed E-state index contributed by atoms with van der Waals surface area (Å²) in [6.07, 6.45) is -10.2. The fraction of sp³-hybridized carbons (Fsp3) is 0.143. The minimum atomic E-state index is -5.10. The Labute approximate surface area is 142 Å². The van der Waals surface area contributed by atoms with Crippen LogP contribution in [0.2, 0.25) is 0 Å². The van der Waals surface area contributed by atoms with Gasteiger partial charge in [0.15, 0.2) is 0 Å². The number of hydrogen-bond donors (Lipinski definition) is 1. The molecule has 0 atom stereocenters. The second-order valence-corrected chi connectivity index (χ2v) is 7.06.